The van der Waals surface area contributed by atoms with Gasteiger partial charge in [-0.3, -0.25) is 0 Å². The summed E-state index contributed by atoms with van der Waals surface area (Å²) in [4.78, 5) is 0. The first-order chi connectivity index (χ1) is 12.8. The molecule has 4 aliphatic carbocycles. The molecule has 0 heterocycles. The Morgan fingerprint density at radius 3 is 2.33 bits per heavy atom. The summed E-state index contributed by atoms with van der Waals surface area (Å²) in [7, 11) is 0. The molecule has 7 atom stereocenters. The zero-order valence-electron chi connectivity index (χ0n) is 18.2. The van der Waals surface area contributed by atoms with Gasteiger partial charge >= 0.3 is 0 Å². The van der Waals surface area contributed by atoms with Gasteiger partial charge in [-0.25, -0.2) is 8.78 Å². The molecule has 0 spiro atoms. The van der Waals surface area contributed by atoms with E-state index in [0.29, 0.717) is 5.92 Å². The van der Waals surface area contributed by atoms with E-state index >= 15 is 8.78 Å². The van der Waals surface area contributed by atoms with Crippen LogP contribution in [-0.2, 0) is 0 Å². The van der Waals surface area contributed by atoms with Crippen LogP contribution in [0.1, 0.15) is 98.3 Å². The Kier molecular flexibility index (Phi) is 6.15. The third-order valence-electron chi connectivity index (χ3n) is 9.49. The molecule has 4 saturated carbocycles. The fourth-order valence-electron chi connectivity index (χ4n) is 8.09. The van der Waals surface area contributed by atoms with Crippen molar-refractivity contribution in [3.05, 3.63) is 12.7 Å². The standard InChI is InChI=1S/C23H36F2.C2H6/c1-4-5-8-16-10-11-18-20-19(12-14-22(16,18)3)21(2)13-7-6-9-17(21)15-23(20,24)25;1-2/h4,16-20H,1,5-15H2,2-3H3;1-2H3. The monoisotopic (exact) mass is 380 g/mol. The van der Waals surface area contributed by atoms with Crippen LogP contribution in [-0.4, -0.2) is 5.92 Å². The van der Waals surface area contributed by atoms with E-state index < -0.39 is 5.92 Å². The minimum atomic E-state index is -2.44. The number of hydrogen-bond acceptors (Lipinski definition) is 0. The zero-order valence-corrected chi connectivity index (χ0v) is 18.2. The quantitative estimate of drug-likeness (QED) is 0.432. The molecule has 0 aliphatic heterocycles. The Hall–Kier alpha value is -0.400. The average molecular weight is 381 g/mol. The fourth-order valence-corrected chi connectivity index (χ4v) is 8.09. The lowest BCUT2D eigenvalue weighted by molar-refractivity contribution is -0.231. The molecule has 156 valence electrons. The molecule has 0 nitrogen and oxygen atoms in total. The van der Waals surface area contributed by atoms with Crippen LogP contribution in [0.25, 0.3) is 0 Å². The first-order valence-corrected chi connectivity index (χ1v) is 11.8. The lowest BCUT2D eigenvalue weighted by Crippen LogP contribution is -2.60. The zero-order chi connectivity index (χ0) is 19.9. The van der Waals surface area contributed by atoms with Crippen molar-refractivity contribution in [1.29, 1.82) is 0 Å². The van der Waals surface area contributed by atoms with Gasteiger partial charge in [0, 0.05) is 12.3 Å². The van der Waals surface area contributed by atoms with Crippen molar-refractivity contribution in [3.63, 3.8) is 0 Å². The molecular weight excluding hydrogens is 338 g/mol. The van der Waals surface area contributed by atoms with Gasteiger partial charge in [0.25, 0.3) is 5.92 Å². The molecule has 0 aromatic heterocycles. The van der Waals surface area contributed by atoms with Crippen LogP contribution in [0.2, 0.25) is 0 Å². The van der Waals surface area contributed by atoms with Crippen molar-refractivity contribution < 1.29 is 8.78 Å². The second-order valence-corrected chi connectivity index (χ2v) is 10.3. The van der Waals surface area contributed by atoms with Crippen molar-refractivity contribution in [1.82, 2.24) is 0 Å². The van der Waals surface area contributed by atoms with Crippen LogP contribution in [0.3, 0.4) is 0 Å². The Labute approximate surface area is 166 Å². The summed E-state index contributed by atoms with van der Waals surface area (Å²) in [5.41, 5.74) is 0.330. The summed E-state index contributed by atoms with van der Waals surface area (Å²) in [6.45, 7) is 12.6. The SMILES string of the molecule is C=CCCC1CCC2C3C(CCC12C)C1(C)CCCCC1CC3(F)F.CC. The van der Waals surface area contributed by atoms with Crippen LogP contribution in [0, 0.1) is 40.4 Å². The largest absolute Gasteiger partial charge is 0.251 e. The van der Waals surface area contributed by atoms with Crippen molar-refractivity contribution in [2.75, 3.05) is 0 Å². The summed E-state index contributed by atoms with van der Waals surface area (Å²) in [6, 6.07) is 0. The van der Waals surface area contributed by atoms with Crippen LogP contribution < -0.4 is 0 Å². The molecule has 0 bridgehead atoms. The number of hydrogen-bond donors (Lipinski definition) is 0. The van der Waals surface area contributed by atoms with Gasteiger partial charge in [0.05, 0.1) is 0 Å². The normalized spacial score (nSPS) is 47.7. The second-order valence-electron chi connectivity index (χ2n) is 10.3. The Morgan fingerprint density at radius 1 is 0.926 bits per heavy atom. The summed E-state index contributed by atoms with van der Waals surface area (Å²) in [6.07, 6.45) is 13.5. The molecule has 4 fully saturated rings. The van der Waals surface area contributed by atoms with Crippen molar-refractivity contribution in [2.45, 2.75) is 104 Å². The molecule has 0 aromatic rings. The van der Waals surface area contributed by atoms with Crippen molar-refractivity contribution in [3.8, 4) is 0 Å². The summed E-state index contributed by atoms with van der Waals surface area (Å²) in [5.74, 6) is -1.39. The average Bonchev–Trinajstić information content (AvgIpc) is 2.98. The molecule has 0 aromatic carbocycles. The molecule has 0 N–H and O–H groups in total. The smallest absolute Gasteiger partial charge is 0.207 e. The predicted octanol–water partition coefficient (Wildman–Crippen LogP) is 8.27. The minimum absolute atomic E-state index is 0.144. The van der Waals surface area contributed by atoms with Gasteiger partial charge in [-0.05, 0) is 85.9 Å². The van der Waals surface area contributed by atoms with E-state index in [1.807, 2.05) is 19.9 Å². The molecule has 27 heavy (non-hydrogen) atoms. The molecule has 0 radical (unpaired) electrons. The summed E-state index contributed by atoms with van der Waals surface area (Å²) in [5, 5.41) is 0. The highest BCUT2D eigenvalue weighted by Crippen LogP contribution is 2.70. The maximum atomic E-state index is 15.5. The highest BCUT2D eigenvalue weighted by Gasteiger charge is 2.67. The van der Waals surface area contributed by atoms with Crippen molar-refractivity contribution in [2.24, 2.45) is 40.4 Å². The number of rotatable bonds is 3. The number of halogens is 2. The van der Waals surface area contributed by atoms with E-state index in [0.717, 1.165) is 38.5 Å². The van der Waals surface area contributed by atoms with E-state index in [1.165, 1.54) is 25.7 Å². The van der Waals surface area contributed by atoms with Gasteiger partial charge in [-0.2, -0.15) is 0 Å². The van der Waals surface area contributed by atoms with E-state index in [1.54, 1.807) is 0 Å². The molecule has 0 saturated heterocycles. The topological polar surface area (TPSA) is 0 Å². The van der Waals surface area contributed by atoms with Gasteiger partial charge in [0.1, 0.15) is 0 Å². The summed E-state index contributed by atoms with van der Waals surface area (Å²) < 4.78 is 30.9. The summed E-state index contributed by atoms with van der Waals surface area (Å²) >= 11 is 0. The van der Waals surface area contributed by atoms with Crippen molar-refractivity contribution >= 4 is 0 Å². The Balaban J connectivity index is 0.00000102. The lowest BCUT2D eigenvalue weighted by Gasteiger charge is -2.62. The Bertz CT molecular complexity index is 526. The molecule has 2 heteroatoms. The van der Waals surface area contributed by atoms with Crippen LogP contribution in [0.15, 0.2) is 12.7 Å². The minimum Gasteiger partial charge on any atom is -0.207 e. The number of fused-ring (bicyclic) bond motifs is 5. The van der Waals surface area contributed by atoms with Gasteiger partial charge in [0.2, 0.25) is 0 Å². The van der Waals surface area contributed by atoms with E-state index in [9.17, 15) is 0 Å². The highest BCUT2D eigenvalue weighted by molar-refractivity contribution is 5.12. The maximum absolute atomic E-state index is 15.5. The van der Waals surface area contributed by atoms with Gasteiger partial charge in [0.15, 0.2) is 0 Å². The van der Waals surface area contributed by atoms with Crippen LogP contribution in [0.4, 0.5) is 8.78 Å². The Morgan fingerprint density at radius 2 is 1.63 bits per heavy atom. The third kappa shape index (κ3) is 3.31. The number of alkyl halides is 2. The molecule has 7 unspecified atom stereocenters. The maximum Gasteiger partial charge on any atom is 0.251 e. The predicted molar refractivity (Wildman–Crippen MR) is 111 cm³/mol. The molecule has 4 aliphatic rings. The first-order valence-electron chi connectivity index (χ1n) is 11.8. The number of allylic oxidation sites excluding steroid dienone is 1. The van der Waals surface area contributed by atoms with Crippen LogP contribution >= 0.6 is 0 Å². The van der Waals surface area contributed by atoms with Gasteiger partial charge in [-0.15, -0.1) is 6.58 Å². The van der Waals surface area contributed by atoms with Crippen LogP contribution in [0.5, 0.6) is 0 Å². The third-order valence-corrected chi connectivity index (χ3v) is 9.49. The van der Waals surface area contributed by atoms with E-state index in [-0.39, 0.29) is 40.9 Å². The van der Waals surface area contributed by atoms with Gasteiger partial charge in [-0.1, -0.05) is 46.6 Å². The first kappa shape index (κ1) is 21.3. The van der Waals surface area contributed by atoms with E-state index in [2.05, 4.69) is 20.4 Å². The van der Waals surface area contributed by atoms with Gasteiger partial charge < -0.3 is 0 Å². The highest BCUT2D eigenvalue weighted by atomic mass is 19.3. The molecule has 4 rings (SSSR count). The molecular formula is C25H42F2. The molecule has 0 amide bonds. The van der Waals surface area contributed by atoms with E-state index in [4.69, 9.17) is 0 Å². The second kappa shape index (κ2) is 7.79. The fraction of sp³-hybridized carbons (Fsp3) is 0.920. The lowest BCUT2D eigenvalue weighted by atomic mass is 9.44.